The first-order valence-electron chi connectivity index (χ1n) is 10.7. The number of rotatable bonds is 4. The number of methoxy groups -OCH3 is 1. The summed E-state index contributed by atoms with van der Waals surface area (Å²) in [4.78, 5) is 41.8. The molecule has 166 valence electrons. The second-order valence-electron chi connectivity index (χ2n) is 8.75. The molecule has 2 aromatic carbocycles. The van der Waals surface area contributed by atoms with Gasteiger partial charge in [-0.15, -0.1) is 0 Å². The van der Waals surface area contributed by atoms with Gasteiger partial charge in [0, 0.05) is 22.9 Å². The summed E-state index contributed by atoms with van der Waals surface area (Å²) >= 11 is 0. The zero-order chi connectivity index (χ0) is 22.8. The van der Waals surface area contributed by atoms with Gasteiger partial charge in [0.2, 0.25) is 17.7 Å². The average molecular weight is 435 g/mol. The molecule has 0 aliphatic carbocycles. The molecular formula is C24H25N3O5. The molecule has 0 bridgehead atoms. The van der Waals surface area contributed by atoms with Gasteiger partial charge in [0.25, 0.3) is 0 Å². The van der Waals surface area contributed by atoms with Crippen molar-refractivity contribution < 1.29 is 24.2 Å². The van der Waals surface area contributed by atoms with Gasteiger partial charge in [-0.3, -0.25) is 24.6 Å². The van der Waals surface area contributed by atoms with E-state index in [-0.39, 0.29) is 12.5 Å². The maximum absolute atomic E-state index is 13.7. The SMILES string of the molecule is COc1ccccc1CN1C(=O)[C@@H]2[C@@H]([C@H](C)O)N[C@]3(C(=O)Nc4c(C)cccc43)[C@@H]2C1=O. The molecule has 0 aromatic heterocycles. The first kappa shape index (κ1) is 20.7. The molecule has 2 saturated heterocycles. The summed E-state index contributed by atoms with van der Waals surface area (Å²) in [6.07, 6.45) is -0.938. The van der Waals surface area contributed by atoms with Crippen molar-refractivity contribution in [3.05, 3.63) is 59.2 Å². The Hall–Kier alpha value is -3.23. The molecule has 0 unspecified atom stereocenters. The molecule has 2 fully saturated rings. The molecule has 0 saturated carbocycles. The van der Waals surface area contributed by atoms with Crippen LogP contribution in [0.15, 0.2) is 42.5 Å². The first-order valence-corrected chi connectivity index (χ1v) is 10.7. The molecule has 1 spiro atoms. The summed E-state index contributed by atoms with van der Waals surface area (Å²) in [6, 6.07) is 12.0. The van der Waals surface area contributed by atoms with Gasteiger partial charge in [0.05, 0.1) is 31.6 Å². The number of imide groups is 1. The van der Waals surface area contributed by atoms with Gasteiger partial charge in [-0.1, -0.05) is 36.4 Å². The van der Waals surface area contributed by atoms with Crippen molar-refractivity contribution in [2.75, 3.05) is 12.4 Å². The minimum atomic E-state index is -1.41. The highest BCUT2D eigenvalue weighted by molar-refractivity contribution is 6.15. The number of para-hydroxylation sites is 2. The molecular weight excluding hydrogens is 410 g/mol. The minimum absolute atomic E-state index is 0.0413. The molecule has 8 nitrogen and oxygen atoms in total. The summed E-state index contributed by atoms with van der Waals surface area (Å²) in [5.74, 6) is -2.42. The van der Waals surface area contributed by atoms with E-state index in [1.807, 2.05) is 31.2 Å². The van der Waals surface area contributed by atoms with Crippen LogP contribution in [0.2, 0.25) is 0 Å². The van der Waals surface area contributed by atoms with Crippen LogP contribution in [0.4, 0.5) is 5.69 Å². The molecule has 5 rings (SSSR count). The van der Waals surface area contributed by atoms with Gasteiger partial charge in [-0.2, -0.15) is 0 Å². The van der Waals surface area contributed by atoms with E-state index in [0.717, 1.165) is 5.56 Å². The Balaban J connectivity index is 1.62. The van der Waals surface area contributed by atoms with Crippen LogP contribution in [0, 0.1) is 18.8 Å². The molecule has 8 heteroatoms. The van der Waals surface area contributed by atoms with Crippen LogP contribution in [-0.2, 0) is 26.5 Å². The lowest BCUT2D eigenvalue weighted by Gasteiger charge is -2.30. The Kier molecular flexibility index (Phi) is 4.61. The number of carbonyl (C=O) groups excluding carboxylic acids is 3. The largest absolute Gasteiger partial charge is 0.496 e. The van der Waals surface area contributed by atoms with Crippen LogP contribution < -0.4 is 15.4 Å². The number of anilines is 1. The third-order valence-electron chi connectivity index (χ3n) is 7.03. The number of fused-ring (bicyclic) bond motifs is 4. The van der Waals surface area contributed by atoms with Gasteiger partial charge in [0.15, 0.2) is 0 Å². The van der Waals surface area contributed by atoms with Gasteiger partial charge in [-0.25, -0.2) is 0 Å². The van der Waals surface area contributed by atoms with Crippen molar-refractivity contribution in [2.45, 2.75) is 38.1 Å². The van der Waals surface area contributed by atoms with E-state index in [0.29, 0.717) is 22.6 Å². The van der Waals surface area contributed by atoms with Crippen molar-refractivity contribution in [3.8, 4) is 5.75 Å². The Morgan fingerprint density at radius 3 is 2.59 bits per heavy atom. The number of aliphatic hydroxyl groups excluding tert-OH is 1. The summed E-state index contributed by atoms with van der Waals surface area (Å²) in [5.41, 5.74) is 1.45. The van der Waals surface area contributed by atoms with Crippen LogP contribution in [0.25, 0.3) is 0 Å². The molecule has 2 aromatic rings. The third-order valence-corrected chi connectivity index (χ3v) is 7.03. The van der Waals surface area contributed by atoms with E-state index in [9.17, 15) is 19.5 Å². The van der Waals surface area contributed by atoms with E-state index in [4.69, 9.17) is 4.74 Å². The number of aliphatic hydroxyl groups is 1. The number of likely N-dealkylation sites (tertiary alicyclic amines) is 1. The maximum atomic E-state index is 13.7. The molecule has 3 aliphatic heterocycles. The van der Waals surface area contributed by atoms with Gasteiger partial charge >= 0.3 is 0 Å². The number of benzene rings is 2. The number of nitrogens with zero attached hydrogens (tertiary/aromatic N) is 1. The Morgan fingerprint density at radius 1 is 1.12 bits per heavy atom. The molecule has 3 N–H and O–H groups in total. The molecule has 32 heavy (non-hydrogen) atoms. The highest BCUT2D eigenvalue weighted by Gasteiger charge is 2.71. The normalized spacial score (nSPS) is 29.3. The number of hydrogen-bond acceptors (Lipinski definition) is 6. The fourth-order valence-electron chi connectivity index (χ4n) is 5.54. The van der Waals surface area contributed by atoms with E-state index < -0.39 is 41.3 Å². The minimum Gasteiger partial charge on any atom is -0.496 e. The number of ether oxygens (including phenoxy) is 1. The van der Waals surface area contributed by atoms with Crippen LogP contribution in [0.1, 0.15) is 23.6 Å². The predicted molar refractivity (Wildman–Crippen MR) is 116 cm³/mol. The van der Waals surface area contributed by atoms with Crippen molar-refractivity contribution in [3.63, 3.8) is 0 Å². The summed E-state index contributed by atoms with van der Waals surface area (Å²) in [5, 5.41) is 16.6. The van der Waals surface area contributed by atoms with Crippen LogP contribution >= 0.6 is 0 Å². The van der Waals surface area contributed by atoms with Crippen LogP contribution in [-0.4, -0.2) is 47.0 Å². The Morgan fingerprint density at radius 2 is 1.88 bits per heavy atom. The number of amides is 3. The van der Waals surface area contributed by atoms with Gasteiger partial charge in [-0.05, 0) is 25.5 Å². The highest BCUT2D eigenvalue weighted by Crippen LogP contribution is 2.54. The summed E-state index contributed by atoms with van der Waals surface area (Å²) < 4.78 is 5.38. The van der Waals surface area contributed by atoms with Crippen molar-refractivity contribution >= 4 is 23.4 Å². The zero-order valence-electron chi connectivity index (χ0n) is 18.1. The topological polar surface area (TPSA) is 108 Å². The van der Waals surface area contributed by atoms with Crippen LogP contribution in [0.5, 0.6) is 5.75 Å². The van der Waals surface area contributed by atoms with Gasteiger partial charge in [0.1, 0.15) is 11.3 Å². The second-order valence-corrected chi connectivity index (χ2v) is 8.75. The second kappa shape index (κ2) is 7.15. The number of nitrogens with one attached hydrogen (secondary N) is 2. The number of hydrogen-bond donors (Lipinski definition) is 3. The molecule has 3 aliphatic rings. The number of aryl methyl sites for hydroxylation is 1. The Labute approximate surface area is 185 Å². The summed E-state index contributed by atoms with van der Waals surface area (Å²) in [6.45, 7) is 3.49. The lowest BCUT2D eigenvalue weighted by atomic mass is 9.76. The monoisotopic (exact) mass is 435 g/mol. The van der Waals surface area contributed by atoms with Crippen molar-refractivity contribution in [1.29, 1.82) is 0 Å². The van der Waals surface area contributed by atoms with E-state index >= 15 is 0 Å². The van der Waals surface area contributed by atoms with Crippen LogP contribution in [0.3, 0.4) is 0 Å². The fourth-order valence-corrected chi connectivity index (χ4v) is 5.54. The highest BCUT2D eigenvalue weighted by atomic mass is 16.5. The maximum Gasteiger partial charge on any atom is 0.250 e. The number of carbonyl (C=O) groups is 3. The molecule has 5 atom stereocenters. The first-order chi connectivity index (χ1) is 15.3. The quantitative estimate of drug-likeness (QED) is 0.625. The molecule has 3 amide bonds. The van der Waals surface area contributed by atoms with Gasteiger partial charge < -0.3 is 15.2 Å². The molecule has 3 heterocycles. The summed E-state index contributed by atoms with van der Waals surface area (Å²) in [7, 11) is 1.53. The zero-order valence-corrected chi connectivity index (χ0v) is 18.1. The average Bonchev–Trinajstić information content (AvgIpc) is 3.36. The van der Waals surface area contributed by atoms with Crippen molar-refractivity contribution in [1.82, 2.24) is 10.2 Å². The standard InChI is InChI=1S/C24H25N3O5/c1-12-7-6-9-15-19(12)25-23(31)24(15)18-17(20(26-24)13(2)28)21(29)27(22(18)30)11-14-8-4-5-10-16(14)32-3/h4-10,13,17-18,20,26,28H,11H2,1-3H3,(H,25,31)/t13-,17-,18-,20+,24-/m0/s1. The molecule has 0 radical (unpaired) electrons. The third kappa shape index (κ3) is 2.59. The predicted octanol–water partition coefficient (Wildman–Crippen LogP) is 1.31. The van der Waals surface area contributed by atoms with E-state index in [1.54, 1.807) is 25.1 Å². The Bertz CT molecular complexity index is 1150. The van der Waals surface area contributed by atoms with E-state index in [2.05, 4.69) is 10.6 Å². The lowest BCUT2D eigenvalue weighted by molar-refractivity contribution is -0.143. The fraction of sp³-hybridized carbons (Fsp3) is 0.375. The van der Waals surface area contributed by atoms with E-state index in [1.165, 1.54) is 12.0 Å². The lowest BCUT2D eigenvalue weighted by Crippen LogP contribution is -2.54. The smallest absolute Gasteiger partial charge is 0.250 e. The van der Waals surface area contributed by atoms with Crippen molar-refractivity contribution in [2.24, 2.45) is 11.8 Å².